The number of amides is 2. The second-order valence-electron chi connectivity index (χ2n) is 3.11. The number of alkyl halides is 2. The summed E-state index contributed by atoms with van der Waals surface area (Å²) in [5.41, 5.74) is 0.959. The Balaban J connectivity index is 2.45. The first-order chi connectivity index (χ1) is 7.16. The summed E-state index contributed by atoms with van der Waals surface area (Å²) in [6.45, 7) is 0. The summed E-state index contributed by atoms with van der Waals surface area (Å²) in [5, 5.41) is 0.512. The van der Waals surface area contributed by atoms with E-state index in [9.17, 15) is 9.59 Å². The molecular formula is C10H7Br2NO2. The highest BCUT2D eigenvalue weighted by Gasteiger charge is 2.38. The van der Waals surface area contributed by atoms with Gasteiger partial charge < -0.3 is 0 Å². The summed E-state index contributed by atoms with van der Waals surface area (Å²) in [5.74, 6) is -0.478. The minimum atomic E-state index is -0.301. The van der Waals surface area contributed by atoms with E-state index in [-0.39, 0.29) is 16.8 Å². The van der Waals surface area contributed by atoms with Crippen LogP contribution in [0, 0.1) is 0 Å². The van der Waals surface area contributed by atoms with E-state index in [2.05, 4.69) is 31.9 Å². The lowest BCUT2D eigenvalue weighted by molar-refractivity contribution is 0.0651. The van der Waals surface area contributed by atoms with Crippen LogP contribution in [-0.4, -0.2) is 27.0 Å². The Kier molecular flexibility index (Phi) is 2.93. The van der Waals surface area contributed by atoms with Gasteiger partial charge in [-0.2, -0.15) is 0 Å². The first-order valence-corrected chi connectivity index (χ1v) is 6.37. The molecule has 1 aliphatic heterocycles. The van der Waals surface area contributed by atoms with E-state index in [1.54, 1.807) is 24.3 Å². The molecule has 2 rings (SSSR count). The lowest BCUT2D eigenvalue weighted by Gasteiger charge is -2.18. The molecule has 0 radical (unpaired) electrons. The summed E-state index contributed by atoms with van der Waals surface area (Å²) in [6, 6.07) is 6.85. The zero-order valence-corrected chi connectivity index (χ0v) is 10.8. The van der Waals surface area contributed by atoms with Crippen molar-refractivity contribution in [2.75, 3.05) is 5.33 Å². The standard InChI is InChI=1S/C10H7Br2NO2/c11-5-8(12)13-9(14)6-3-1-2-4-7(6)10(13)15/h1-4,8H,5H2. The maximum atomic E-state index is 11.9. The van der Waals surface area contributed by atoms with Crippen LogP contribution in [0.15, 0.2) is 24.3 Å². The zero-order chi connectivity index (χ0) is 11.0. The second kappa shape index (κ2) is 4.06. The molecule has 0 saturated heterocycles. The number of rotatable bonds is 2. The Bertz CT molecular complexity index is 398. The molecule has 3 nitrogen and oxygen atoms in total. The highest BCUT2D eigenvalue weighted by molar-refractivity contribution is 9.12. The van der Waals surface area contributed by atoms with Crippen LogP contribution in [0.1, 0.15) is 20.7 Å². The number of benzene rings is 1. The molecule has 0 aliphatic carbocycles. The van der Waals surface area contributed by atoms with Crippen molar-refractivity contribution in [3.05, 3.63) is 35.4 Å². The third kappa shape index (κ3) is 1.63. The SMILES string of the molecule is O=C1c2ccccc2C(=O)N1C(Br)CBr. The molecule has 0 bridgehead atoms. The molecule has 15 heavy (non-hydrogen) atoms. The Hall–Kier alpha value is -0.680. The van der Waals surface area contributed by atoms with Gasteiger partial charge in [-0.3, -0.25) is 14.5 Å². The fraction of sp³-hybridized carbons (Fsp3) is 0.200. The minimum absolute atomic E-state index is 0.239. The van der Waals surface area contributed by atoms with Crippen LogP contribution >= 0.6 is 31.9 Å². The molecule has 0 fully saturated rings. The third-order valence-corrected chi connectivity index (χ3v) is 4.45. The van der Waals surface area contributed by atoms with Gasteiger partial charge in [-0.15, -0.1) is 0 Å². The number of fused-ring (bicyclic) bond motifs is 1. The van der Waals surface area contributed by atoms with Crippen molar-refractivity contribution >= 4 is 43.7 Å². The van der Waals surface area contributed by atoms with Crippen LogP contribution in [0.25, 0.3) is 0 Å². The van der Waals surface area contributed by atoms with Gasteiger partial charge in [0.05, 0.1) is 11.1 Å². The highest BCUT2D eigenvalue weighted by atomic mass is 79.9. The number of carbonyl (C=O) groups is 2. The molecule has 1 heterocycles. The van der Waals surface area contributed by atoms with E-state index in [1.807, 2.05) is 0 Å². The number of imide groups is 1. The van der Waals surface area contributed by atoms with Crippen molar-refractivity contribution in [2.24, 2.45) is 0 Å². The van der Waals surface area contributed by atoms with Crippen LogP contribution in [0.3, 0.4) is 0 Å². The molecular weight excluding hydrogens is 326 g/mol. The predicted octanol–water partition coefficient (Wildman–Crippen LogP) is 2.40. The topological polar surface area (TPSA) is 37.4 Å². The van der Waals surface area contributed by atoms with Crippen LogP contribution in [0.5, 0.6) is 0 Å². The molecule has 0 N–H and O–H groups in total. The molecule has 0 saturated carbocycles. The lowest BCUT2D eigenvalue weighted by atomic mass is 10.1. The average molecular weight is 333 g/mol. The Labute approximate surface area is 104 Å². The second-order valence-corrected chi connectivity index (χ2v) is 4.82. The summed E-state index contributed by atoms with van der Waals surface area (Å²) >= 11 is 6.51. The van der Waals surface area contributed by atoms with Gasteiger partial charge >= 0.3 is 0 Å². The number of nitrogens with zero attached hydrogens (tertiary/aromatic N) is 1. The highest BCUT2D eigenvalue weighted by Crippen LogP contribution is 2.26. The monoisotopic (exact) mass is 331 g/mol. The summed E-state index contributed by atoms with van der Waals surface area (Å²) in [4.78, 5) is 24.6. The molecule has 1 atom stereocenters. The smallest absolute Gasteiger partial charge is 0.262 e. The molecule has 1 aliphatic rings. The Morgan fingerprint density at radius 2 is 1.60 bits per heavy atom. The van der Waals surface area contributed by atoms with Gasteiger partial charge in [0.2, 0.25) is 0 Å². The molecule has 1 aromatic rings. The van der Waals surface area contributed by atoms with Crippen molar-refractivity contribution in [3.63, 3.8) is 0 Å². The fourth-order valence-corrected chi connectivity index (χ4v) is 2.19. The fourth-order valence-electron chi connectivity index (χ4n) is 1.53. The van der Waals surface area contributed by atoms with Crippen molar-refractivity contribution in [3.8, 4) is 0 Å². The summed E-state index contributed by atoms with van der Waals surface area (Å²) in [7, 11) is 0. The van der Waals surface area contributed by atoms with Crippen molar-refractivity contribution < 1.29 is 9.59 Å². The number of hydrogen-bond donors (Lipinski definition) is 0. The summed E-state index contributed by atoms with van der Waals surface area (Å²) < 4.78 is 0. The van der Waals surface area contributed by atoms with Crippen molar-refractivity contribution in [2.45, 2.75) is 4.95 Å². The number of carbonyl (C=O) groups excluding carboxylic acids is 2. The molecule has 78 valence electrons. The maximum Gasteiger partial charge on any atom is 0.262 e. The van der Waals surface area contributed by atoms with Crippen LogP contribution < -0.4 is 0 Å². The van der Waals surface area contributed by atoms with Crippen LogP contribution in [0.2, 0.25) is 0 Å². The molecule has 2 amide bonds. The van der Waals surface area contributed by atoms with E-state index < -0.39 is 0 Å². The van der Waals surface area contributed by atoms with Gasteiger partial charge in [-0.1, -0.05) is 44.0 Å². The molecule has 0 spiro atoms. The quantitative estimate of drug-likeness (QED) is 0.474. The molecule has 0 aromatic heterocycles. The molecule has 1 unspecified atom stereocenters. The van der Waals surface area contributed by atoms with Gasteiger partial charge in [0, 0.05) is 5.33 Å². The minimum Gasteiger partial charge on any atom is -0.269 e. The van der Waals surface area contributed by atoms with Gasteiger partial charge in [-0.05, 0) is 12.1 Å². The van der Waals surface area contributed by atoms with E-state index in [1.165, 1.54) is 4.90 Å². The molecule has 1 aromatic carbocycles. The average Bonchev–Trinajstić information content (AvgIpc) is 2.52. The number of hydrogen-bond acceptors (Lipinski definition) is 2. The Morgan fingerprint density at radius 1 is 1.13 bits per heavy atom. The largest absolute Gasteiger partial charge is 0.269 e. The van der Waals surface area contributed by atoms with E-state index in [0.717, 1.165) is 0 Å². The van der Waals surface area contributed by atoms with E-state index >= 15 is 0 Å². The number of halogens is 2. The first kappa shape index (κ1) is 10.8. The van der Waals surface area contributed by atoms with Crippen molar-refractivity contribution in [1.29, 1.82) is 0 Å². The Morgan fingerprint density at radius 3 is 2.00 bits per heavy atom. The van der Waals surface area contributed by atoms with E-state index in [4.69, 9.17) is 0 Å². The van der Waals surface area contributed by atoms with Crippen molar-refractivity contribution in [1.82, 2.24) is 4.90 Å². The van der Waals surface area contributed by atoms with Gasteiger partial charge in [-0.25, -0.2) is 0 Å². The molecule has 5 heteroatoms. The predicted molar refractivity (Wildman–Crippen MR) is 63.5 cm³/mol. The summed E-state index contributed by atoms with van der Waals surface area (Å²) in [6.07, 6.45) is 0. The van der Waals surface area contributed by atoms with Crippen LogP contribution in [0.4, 0.5) is 0 Å². The van der Waals surface area contributed by atoms with E-state index in [0.29, 0.717) is 16.5 Å². The van der Waals surface area contributed by atoms with Gasteiger partial charge in [0.25, 0.3) is 11.8 Å². The lowest BCUT2D eigenvalue weighted by Crippen LogP contribution is -2.37. The van der Waals surface area contributed by atoms with Gasteiger partial charge in [0.15, 0.2) is 0 Å². The van der Waals surface area contributed by atoms with Crippen LogP contribution in [-0.2, 0) is 0 Å². The maximum absolute atomic E-state index is 11.9. The normalized spacial score (nSPS) is 16.8. The van der Waals surface area contributed by atoms with Gasteiger partial charge in [0.1, 0.15) is 4.95 Å². The third-order valence-electron chi connectivity index (χ3n) is 2.23. The first-order valence-electron chi connectivity index (χ1n) is 4.33. The zero-order valence-electron chi connectivity index (χ0n) is 7.61.